The van der Waals surface area contributed by atoms with Crippen LogP contribution < -0.4 is 10.6 Å². The number of anilines is 2. The highest BCUT2D eigenvalue weighted by Crippen LogP contribution is 2.20. The van der Waals surface area contributed by atoms with Crippen LogP contribution in [0.3, 0.4) is 0 Å². The Hall–Kier alpha value is -1.17. The number of nitrogens with two attached hydrogens (primary N) is 1. The van der Waals surface area contributed by atoms with Crippen molar-refractivity contribution < 1.29 is 4.21 Å². The Morgan fingerprint density at radius 1 is 1.40 bits per heavy atom. The van der Waals surface area contributed by atoms with E-state index in [-0.39, 0.29) is 0 Å². The number of hydrogen-bond donors (Lipinski definition) is 1. The highest BCUT2D eigenvalue weighted by atomic mass is 32.2. The summed E-state index contributed by atoms with van der Waals surface area (Å²) in [6, 6.07) is 0. The second-order valence-corrected chi connectivity index (χ2v) is 5.24. The van der Waals surface area contributed by atoms with Crippen LogP contribution in [0.5, 0.6) is 0 Å². The number of aromatic nitrogens is 2. The molecule has 2 rings (SSSR count). The van der Waals surface area contributed by atoms with E-state index >= 15 is 0 Å². The van der Waals surface area contributed by atoms with Gasteiger partial charge in [-0.2, -0.15) is 0 Å². The molecule has 0 bridgehead atoms. The van der Waals surface area contributed by atoms with Gasteiger partial charge in [-0.3, -0.25) is 4.21 Å². The van der Waals surface area contributed by atoms with E-state index in [1.165, 1.54) is 6.33 Å². The molecule has 0 aliphatic carbocycles. The molecule has 1 fully saturated rings. The van der Waals surface area contributed by atoms with E-state index in [4.69, 9.17) is 5.73 Å². The topological polar surface area (TPSA) is 72.1 Å². The van der Waals surface area contributed by atoms with Crippen LogP contribution in [0.1, 0.15) is 5.56 Å². The summed E-state index contributed by atoms with van der Waals surface area (Å²) in [6.07, 6.45) is 1.48. The van der Waals surface area contributed by atoms with Gasteiger partial charge in [-0.1, -0.05) is 0 Å². The summed E-state index contributed by atoms with van der Waals surface area (Å²) in [4.78, 5) is 10.3. The third kappa shape index (κ3) is 2.09. The SMILES string of the molecule is Cc1c(N)ncnc1N1CCS(=O)CC1. The molecule has 0 atom stereocenters. The van der Waals surface area contributed by atoms with E-state index in [2.05, 4.69) is 14.9 Å². The van der Waals surface area contributed by atoms with Gasteiger partial charge >= 0.3 is 0 Å². The van der Waals surface area contributed by atoms with Gasteiger partial charge in [-0.05, 0) is 6.92 Å². The molecule has 0 aromatic carbocycles. The van der Waals surface area contributed by atoms with Crippen LogP contribution in [0.25, 0.3) is 0 Å². The van der Waals surface area contributed by atoms with E-state index in [1.54, 1.807) is 0 Å². The summed E-state index contributed by atoms with van der Waals surface area (Å²) in [6.45, 7) is 3.48. The lowest BCUT2D eigenvalue weighted by Gasteiger charge is -2.28. The lowest BCUT2D eigenvalue weighted by atomic mass is 10.3. The molecule has 1 saturated heterocycles. The summed E-state index contributed by atoms with van der Waals surface area (Å²) >= 11 is 0. The maximum Gasteiger partial charge on any atom is 0.137 e. The lowest BCUT2D eigenvalue weighted by molar-refractivity contribution is 0.672. The molecule has 1 aromatic rings. The van der Waals surface area contributed by atoms with Gasteiger partial charge in [0.05, 0.1) is 0 Å². The monoisotopic (exact) mass is 226 g/mol. The molecule has 2 N–H and O–H groups in total. The van der Waals surface area contributed by atoms with Crippen LogP contribution in [-0.2, 0) is 10.8 Å². The predicted octanol–water partition coefficient (Wildman–Crippen LogP) is -0.0641. The van der Waals surface area contributed by atoms with Crippen LogP contribution in [0.2, 0.25) is 0 Å². The Bertz CT molecular complexity index is 386. The average molecular weight is 226 g/mol. The van der Waals surface area contributed by atoms with Gasteiger partial charge in [0.25, 0.3) is 0 Å². The predicted molar refractivity (Wildman–Crippen MR) is 61.3 cm³/mol. The molecule has 0 spiro atoms. The number of hydrogen-bond acceptors (Lipinski definition) is 5. The van der Waals surface area contributed by atoms with E-state index in [1.807, 2.05) is 6.92 Å². The van der Waals surface area contributed by atoms with Gasteiger partial charge in [-0.25, -0.2) is 9.97 Å². The molecule has 15 heavy (non-hydrogen) atoms. The van der Waals surface area contributed by atoms with Crippen molar-refractivity contribution in [2.24, 2.45) is 0 Å². The van der Waals surface area contributed by atoms with Gasteiger partial charge in [0.2, 0.25) is 0 Å². The van der Waals surface area contributed by atoms with Crippen LogP contribution in [0.15, 0.2) is 6.33 Å². The first-order chi connectivity index (χ1) is 7.18. The largest absolute Gasteiger partial charge is 0.383 e. The zero-order valence-electron chi connectivity index (χ0n) is 8.64. The van der Waals surface area contributed by atoms with Crippen molar-refractivity contribution in [1.82, 2.24) is 9.97 Å². The first-order valence-electron chi connectivity index (χ1n) is 4.85. The van der Waals surface area contributed by atoms with Crippen molar-refractivity contribution in [3.63, 3.8) is 0 Å². The summed E-state index contributed by atoms with van der Waals surface area (Å²) in [7, 11) is -0.663. The second kappa shape index (κ2) is 4.14. The third-order valence-electron chi connectivity index (χ3n) is 2.57. The Balaban J connectivity index is 2.22. The van der Waals surface area contributed by atoms with Gasteiger partial charge in [0.15, 0.2) is 0 Å². The average Bonchev–Trinajstić information content (AvgIpc) is 2.24. The fourth-order valence-corrected chi connectivity index (χ4v) is 2.67. The van der Waals surface area contributed by atoms with Gasteiger partial charge < -0.3 is 10.6 Å². The van der Waals surface area contributed by atoms with E-state index < -0.39 is 10.8 Å². The fraction of sp³-hybridized carbons (Fsp3) is 0.556. The fourth-order valence-electron chi connectivity index (χ4n) is 1.62. The smallest absolute Gasteiger partial charge is 0.137 e. The van der Waals surface area contributed by atoms with Crippen molar-refractivity contribution in [2.45, 2.75) is 6.92 Å². The zero-order valence-corrected chi connectivity index (χ0v) is 9.46. The minimum absolute atomic E-state index is 0.520. The molecular weight excluding hydrogens is 212 g/mol. The molecule has 0 radical (unpaired) electrons. The maximum absolute atomic E-state index is 11.2. The first kappa shape index (κ1) is 10.4. The van der Waals surface area contributed by atoms with Crippen molar-refractivity contribution in [1.29, 1.82) is 0 Å². The standard InChI is InChI=1S/C9H14N4OS/c1-7-8(10)11-6-12-9(7)13-2-4-15(14)5-3-13/h6H,2-5H2,1H3,(H2,10,11,12). The Labute approximate surface area is 91.2 Å². The molecule has 1 aromatic heterocycles. The quantitative estimate of drug-likeness (QED) is 0.726. The molecule has 0 amide bonds. The number of nitrogen functional groups attached to an aromatic ring is 1. The van der Waals surface area contributed by atoms with Crippen LogP contribution in [0.4, 0.5) is 11.6 Å². The minimum atomic E-state index is -0.663. The highest BCUT2D eigenvalue weighted by molar-refractivity contribution is 7.85. The number of rotatable bonds is 1. The molecule has 5 nitrogen and oxygen atoms in total. The molecule has 6 heteroatoms. The maximum atomic E-state index is 11.2. The molecule has 0 saturated carbocycles. The molecular formula is C9H14N4OS. The molecule has 2 heterocycles. The summed E-state index contributed by atoms with van der Waals surface area (Å²) in [5.74, 6) is 2.82. The summed E-state index contributed by atoms with van der Waals surface area (Å²) < 4.78 is 11.2. The van der Waals surface area contributed by atoms with Gasteiger partial charge in [0, 0.05) is 41.0 Å². The first-order valence-corrected chi connectivity index (χ1v) is 6.34. The highest BCUT2D eigenvalue weighted by Gasteiger charge is 2.18. The Morgan fingerprint density at radius 2 is 2.07 bits per heavy atom. The van der Waals surface area contributed by atoms with Crippen molar-refractivity contribution >= 4 is 22.4 Å². The molecule has 1 aliphatic heterocycles. The summed E-state index contributed by atoms with van der Waals surface area (Å²) in [5, 5.41) is 0. The van der Waals surface area contributed by atoms with Crippen molar-refractivity contribution in [2.75, 3.05) is 35.2 Å². The number of nitrogens with zero attached hydrogens (tertiary/aromatic N) is 3. The van der Waals surface area contributed by atoms with E-state index in [0.717, 1.165) is 24.5 Å². The third-order valence-corrected chi connectivity index (χ3v) is 3.85. The zero-order chi connectivity index (χ0) is 10.8. The van der Waals surface area contributed by atoms with Gasteiger partial charge in [-0.15, -0.1) is 0 Å². The van der Waals surface area contributed by atoms with Crippen LogP contribution in [0, 0.1) is 6.92 Å². The van der Waals surface area contributed by atoms with Crippen LogP contribution in [-0.4, -0.2) is 38.8 Å². The Kier molecular flexibility index (Phi) is 2.86. The lowest BCUT2D eigenvalue weighted by Crippen LogP contribution is -2.38. The van der Waals surface area contributed by atoms with E-state index in [9.17, 15) is 4.21 Å². The second-order valence-electron chi connectivity index (χ2n) is 3.54. The van der Waals surface area contributed by atoms with Crippen molar-refractivity contribution in [3.05, 3.63) is 11.9 Å². The summed E-state index contributed by atoms with van der Waals surface area (Å²) in [5.41, 5.74) is 6.62. The molecule has 1 aliphatic rings. The molecule has 82 valence electrons. The molecule has 0 unspecified atom stereocenters. The van der Waals surface area contributed by atoms with Gasteiger partial charge in [0.1, 0.15) is 18.0 Å². The van der Waals surface area contributed by atoms with E-state index in [0.29, 0.717) is 17.3 Å². The normalized spacial score (nSPS) is 18.1. The Morgan fingerprint density at radius 3 is 2.73 bits per heavy atom. The van der Waals surface area contributed by atoms with Crippen LogP contribution >= 0.6 is 0 Å². The van der Waals surface area contributed by atoms with Crippen molar-refractivity contribution in [3.8, 4) is 0 Å². The minimum Gasteiger partial charge on any atom is -0.383 e.